The lowest BCUT2D eigenvalue weighted by molar-refractivity contribution is -0.159. The van der Waals surface area contributed by atoms with E-state index in [-0.39, 0.29) is 23.9 Å². The number of hydrogen-bond donors (Lipinski definition) is 1. The normalized spacial score (nSPS) is 14.3. The largest absolute Gasteiger partial charge is 0.433 e. The molecule has 2 aromatic carbocycles. The quantitative estimate of drug-likeness (QED) is 0.422. The summed E-state index contributed by atoms with van der Waals surface area (Å²) >= 11 is 0. The van der Waals surface area contributed by atoms with E-state index in [4.69, 9.17) is 0 Å². The van der Waals surface area contributed by atoms with E-state index >= 15 is 0 Å². The molecule has 36 heavy (non-hydrogen) atoms. The van der Waals surface area contributed by atoms with E-state index in [0.717, 1.165) is 28.0 Å². The third-order valence-corrected chi connectivity index (χ3v) is 6.07. The number of rotatable bonds is 6. The smallest absolute Gasteiger partial charge is 0.394 e. The fraction of sp³-hybridized carbons (Fsp3) is 0.269. The third-order valence-electron chi connectivity index (χ3n) is 6.07. The average molecular weight is 496 g/mol. The van der Waals surface area contributed by atoms with Gasteiger partial charge in [0, 0.05) is 38.8 Å². The fourth-order valence-electron chi connectivity index (χ4n) is 4.30. The van der Waals surface area contributed by atoms with Crippen LogP contribution in [0.4, 0.5) is 19.0 Å². The van der Waals surface area contributed by atoms with Gasteiger partial charge in [0.1, 0.15) is 29.4 Å². The number of anilines is 1. The number of benzene rings is 2. The molecule has 1 saturated heterocycles. The first-order chi connectivity index (χ1) is 17.2. The molecule has 0 spiro atoms. The molecule has 1 fully saturated rings. The summed E-state index contributed by atoms with van der Waals surface area (Å²) in [6, 6.07) is 14.3. The van der Waals surface area contributed by atoms with E-state index in [0.29, 0.717) is 38.7 Å². The maximum Gasteiger partial charge on any atom is 0.394 e. The van der Waals surface area contributed by atoms with Crippen molar-refractivity contribution >= 4 is 22.8 Å². The predicted molar refractivity (Wildman–Crippen MR) is 129 cm³/mol. The number of halogens is 3. The molecular weight excluding hydrogens is 471 g/mol. The number of ether oxygens (including phenoxy) is 1. The predicted octanol–water partition coefficient (Wildman–Crippen LogP) is 4.65. The minimum atomic E-state index is -3.25. The summed E-state index contributed by atoms with van der Waals surface area (Å²) in [5, 5.41) is 0.858. The van der Waals surface area contributed by atoms with Crippen LogP contribution in [0.1, 0.15) is 12.5 Å². The Morgan fingerprint density at radius 1 is 1.03 bits per heavy atom. The average Bonchev–Trinajstić information content (AvgIpc) is 3.29. The van der Waals surface area contributed by atoms with Gasteiger partial charge in [-0.3, -0.25) is 4.79 Å². The van der Waals surface area contributed by atoms with Crippen LogP contribution in [0, 0.1) is 5.82 Å². The highest BCUT2D eigenvalue weighted by Crippen LogP contribution is 2.29. The first kappa shape index (κ1) is 23.7. The van der Waals surface area contributed by atoms with Crippen molar-refractivity contribution in [3.8, 4) is 17.0 Å². The number of amides is 1. The second kappa shape index (κ2) is 9.52. The Morgan fingerprint density at radius 3 is 2.39 bits per heavy atom. The van der Waals surface area contributed by atoms with Gasteiger partial charge in [-0.05, 0) is 53.6 Å². The molecule has 5 rings (SSSR count). The van der Waals surface area contributed by atoms with Crippen LogP contribution >= 0.6 is 0 Å². The minimum absolute atomic E-state index is 0.0304. The van der Waals surface area contributed by atoms with Crippen molar-refractivity contribution in [1.29, 1.82) is 0 Å². The van der Waals surface area contributed by atoms with Crippen LogP contribution in [-0.4, -0.2) is 58.0 Å². The number of alkyl halides is 2. The van der Waals surface area contributed by atoms with E-state index in [1.165, 1.54) is 30.6 Å². The van der Waals surface area contributed by atoms with E-state index in [1.807, 2.05) is 6.07 Å². The number of aromatic nitrogens is 3. The Kier molecular flexibility index (Phi) is 6.26. The molecule has 1 N–H and O–H groups in total. The molecular formula is C26H24F3N5O2. The molecule has 3 heterocycles. The molecule has 186 valence electrons. The van der Waals surface area contributed by atoms with E-state index in [9.17, 15) is 18.0 Å². The monoisotopic (exact) mass is 495 g/mol. The number of carbonyl (C=O) groups excluding carboxylic acids is 1. The Hall–Kier alpha value is -4.08. The lowest BCUT2D eigenvalue weighted by Crippen LogP contribution is -2.49. The van der Waals surface area contributed by atoms with Crippen molar-refractivity contribution in [2.24, 2.45) is 0 Å². The second-order valence-electron chi connectivity index (χ2n) is 8.75. The second-order valence-corrected chi connectivity index (χ2v) is 8.75. The van der Waals surface area contributed by atoms with Crippen LogP contribution in [0.5, 0.6) is 5.75 Å². The summed E-state index contributed by atoms with van der Waals surface area (Å²) in [6.45, 7) is 2.95. The highest BCUT2D eigenvalue weighted by Gasteiger charge is 2.25. The molecule has 0 bridgehead atoms. The first-order valence-electron chi connectivity index (χ1n) is 11.5. The molecule has 1 aliphatic rings. The number of aromatic amines is 1. The van der Waals surface area contributed by atoms with Crippen LogP contribution in [0.15, 0.2) is 60.9 Å². The molecule has 0 radical (unpaired) electrons. The van der Waals surface area contributed by atoms with Crippen LogP contribution in [-0.2, 0) is 11.2 Å². The van der Waals surface area contributed by atoms with E-state index < -0.39 is 6.11 Å². The van der Waals surface area contributed by atoms with Gasteiger partial charge < -0.3 is 19.5 Å². The topological polar surface area (TPSA) is 74.3 Å². The highest BCUT2D eigenvalue weighted by atomic mass is 19.3. The summed E-state index contributed by atoms with van der Waals surface area (Å²) in [4.78, 5) is 28.8. The fourth-order valence-corrected chi connectivity index (χ4v) is 4.30. The summed E-state index contributed by atoms with van der Waals surface area (Å²) in [5.74, 6) is 0.503. The van der Waals surface area contributed by atoms with Gasteiger partial charge in [-0.2, -0.15) is 8.78 Å². The molecule has 2 aromatic heterocycles. The van der Waals surface area contributed by atoms with E-state index in [2.05, 4.69) is 24.6 Å². The molecule has 1 amide bonds. The SMILES string of the molecule is CC(F)(F)Oc1ccc(CC(=O)N2CCN(c3ncnc4[nH]c(-c5ccc(F)cc5)cc34)CC2)cc1. The zero-order valence-electron chi connectivity index (χ0n) is 19.5. The maximum atomic E-state index is 13.3. The summed E-state index contributed by atoms with van der Waals surface area (Å²) < 4.78 is 43.8. The molecule has 1 aliphatic heterocycles. The molecule has 7 nitrogen and oxygen atoms in total. The third kappa shape index (κ3) is 5.27. The van der Waals surface area contributed by atoms with Gasteiger partial charge >= 0.3 is 6.11 Å². The highest BCUT2D eigenvalue weighted by molar-refractivity contribution is 5.92. The van der Waals surface area contributed by atoms with Gasteiger partial charge in [-0.25, -0.2) is 14.4 Å². The maximum absolute atomic E-state index is 13.3. The lowest BCUT2D eigenvalue weighted by Gasteiger charge is -2.35. The summed E-state index contributed by atoms with van der Waals surface area (Å²) in [5.41, 5.74) is 3.08. The Labute approximate surface area is 205 Å². The van der Waals surface area contributed by atoms with Crippen molar-refractivity contribution in [2.75, 3.05) is 31.1 Å². The Morgan fingerprint density at radius 2 is 1.72 bits per heavy atom. The standard InChI is InChI=1S/C26H24F3N5O2/c1-26(28,29)36-20-8-2-17(3-9-20)14-23(35)33-10-12-34(13-11-33)25-21-15-22(32-24(21)30-16-31-25)18-4-6-19(27)7-5-18/h2-9,15-16H,10-14H2,1H3,(H,30,31,32). The molecule has 10 heteroatoms. The van der Waals surface area contributed by atoms with Crippen LogP contribution in [0.25, 0.3) is 22.3 Å². The Bertz CT molecular complexity index is 1360. The number of nitrogens with one attached hydrogen (secondary N) is 1. The van der Waals surface area contributed by atoms with Crippen molar-refractivity contribution < 1.29 is 22.7 Å². The minimum Gasteiger partial charge on any atom is -0.433 e. The van der Waals surface area contributed by atoms with E-state index in [1.54, 1.807) is 29.2 Å². The zero-order chi connectivity index (χ0) is 25.3. The van der Waals surface area contributed by atoms with Gasteiger partial charge in [0.2, 0.25) is 5.91 Å². The van der Waals surface area contributed by atoms with Gasteiger partial charge in [0.15, 0.2) is 0 Å². The molecule has 0 saturated carbocycles. The number of nitrogens with zero attached hydrogens (tertiary/aromatic N) is 4. The van der Waals surface area contributed by atoms with Crippen molar-refractivity contribution in [2.45, 2.75) is 19.5 Å². The molecule has 0 unspecified atom stereocenters. The number of hydrogen-bond acceptors (Lipinski definition) is 5. The van der Waals surface area contributed by atoms with Crippen LogP contribution in [0.2, 0.25) is 0 Å². The number of carbonyl (C=O) groups is 1. The zero-order valence-corrected chi connectivity index (χ0v) is 19.5. The van der Waals surface area contributed by atoms with Crippen LogP contribution in [0.3, 0.4) is 0 Å². The molecule has 0 aliphatic carbocycles. The summed E-state index contributed by atoms with van der Waals surface area (Å²) in [6.07, 6.45) is -1.57. The van der Waals surface area contributed by atoms with Gasteiger partial charge in [0.25, 0.3) is 0 Å². The Balaban J connectivity index is 1.23. The number of fused-ring (bicyclic) bond motifs is 1. The summed E-state index contributed by atoms with van der Waals surface area (Å²) in [7, 11) is 0. The van der Waals surface area contributed by atoms with Crippen LogP contribution < -0.4 is 9.64 Å². The number of piperazine rings is 1. The van der Waals surface area contributed by atoms with Gasteiger partial charge in [-0.1, -0.05) is 12.1 Å². The van der Waals surface area contributed by atoms with Crippen molar-refractivity contribution in [1.82, 2.24) is 19.9 Å². The van der Waals surface area contributed by atoms with Gasteiger partial charge in [0.05, 0.1) is 11.8 Å². The lowest BCUT2D eigenvalue weighted by atomic mass is 10.1. The molecule has 4 aromatic rings. The number of H-pyrrole nitrogens is 1. The molecule has 0 atom stereocenters. The van der Waals surface area contributed by atoms with Gasteiger partial charge in [-0.15, -0.1) is 0 Å². The first-order valence-corrected chi connectivity index (χ1v) is 11.5. The van der Waals surface area contributed by atoms with Crippen molar-refractivity contribution in [3.05, 3.63) is 72.3 Å². The van der Waals surface area contributed by atoms with Crippen molar-refractivity contribution in [3.63, 3.8) is 0 Å².